The molecule has 2 N–H and O–H groups in total. The van der Waals surface area contributed by atoms with Crippen LogP contribution in [0.2, 0.25) is 0 Å². The Balaban J connectivity index is 2.44. The maximum atomic E-state index is 6.06. The number of anilines is 3. The summed E-state index contributed by atoms with van der Waals surface area (Å²) in [5.74, 6) is 0.839. The number of benzene rings is 2. The van der Waals surface area contributed by atoms with Crippen molar-refractivity contribution in [1.29, 1.82) is 0 Å². The molecule has 0 atom stereocenters. The first-order valence-electron chi connectivity index (χ1n) is 5.86. The number of nitrogen functional groups attached to an aromatic ring is 1. The SMILES string of the molecule is COc1cccc(N(C)c2c(C)cccc2N)c1. The van der Waals surface area contributed by atoms with E-state index in [0.717, 1.165) is 28.4 Å². The van der Waals surface area contributed by atoms with Gasteiger partial charge in [-0.05, 0) is 30.7 Å². The Morgan fingerprint density at radius 1 is 1.11 bits per heavy atom. The standard InChI is InChI=1S/C15H18N2O/c1-11-6-4-9-14(16)15(11)17(2)12-7-5-8-13(10-12)18-3/h4-10H,16H2,1-3H3. The second-order valence-electron chi connectivity index (χ2n) is 4.27. The lowest BCUT2D eigenvalue weighted by molar-refractivity contribution is 0.415. The first-order chi connectivity index (χ1) is 8.63. The molecule has 0 radical (unpaired) electrons. The third-order valence-corrected chi connectivity index (χ3v) is 3.04. The van der Waals surface area contributed by atoms with Gasteiger partial charge in [-0.1, -0.05) is 18.2 Å². The lowest BCUT2D eigenvalue weighted by Crippen LogP contribution is -2.13. The van der Waals surface area contributed by atoms with Crippen LogP contribution in [0.3, 0.4) is 0 Å². The van der Waals surface area contributed by atoms with Gasteiger partial charge >= 0.3 is 0 Å². The summed E-state index contributed by atoms with van der Waals surface area (Å²) < 4.78 is 5.24. The van der Waals surface area contributed by atoms with Crippen molar-refractivity contribution >= 4 is 17.1 Å². The lowest BCUT2D eigenvalue weighted by atomic mass is 10.1. The molecule has 2 aromatic carbocycles. The molecule has 0 fully saturated rings. The van der Waals surface area contributed by atoms with Crippen LogP contribution in [0.1, 0.15) is 5.56 Å². The number of para-hydroxylation sites is 1. The van der Waals surface area contributed by atoms with E-state index in [1.54, 1.807) is 7.11 Å². The molecule has 3 nitrogen and oxygen atoms in total. The third-order valence-electron chi connectivity index (χ3n) is 3.04. The highest BCUT2D eigenvalue weighted by Crippen LogP contribution is 2.33. The van der Waals surface area contributed by atoms with E-state index in [-0.39, 0.29) is 0 Å². The molecule has 0 aliphatic rings. The highest BCUT2D eigenvalue weighted by atomic mass is 16.5. The zero-order chi connectivity index (χ0) is 13.1. The van der Waals surface area contributed by atoms with Gasteiger partial charge in [-0.3, -0.25) is 0 Å². The Labute approximate surface area is 108 Å². The van der Waals surface area contributed by atoms with Gasteiger partial charge in [-0.25, -0.2) is 0 Å². The Bertz CT molecular complexity index is 532. The molecule has 3 heteroatoms. The normalized spacial score (nSPS) is 10.2. The van der Waals surface area contributed by atoms with E-state index in [0.29, 0.717) is 0 Å². The Morgan fingerprint density at radius 3 is 2.50 bits per heavy atom. The van der Waals surface area contributed by atoms with E-state index in [2.05, 4.69) is 17.9 Å². The van der Waals surface area contributed by atoms with E-state index in [1.807, 2.05) is 43.4 Å². The number of hydrogen-bond donors (Lipinski definition) is 1. The largest absolute Gasteiger partial charge is 0.497 e. The summed E-state index contributed by atoms with van der Waals surface area (Å²) in [4.78, 5) is 2.08. The molecule has 18 heavy (non-hydrogen) atoms. The van der Waals surface area contributed by atoms with Crippen molar-refractivity contribution in [2.75, 3.05) is 24.8 Å². The van der Waals surface area contributed by atoms with E-state index in [4.69, 9.17) is 10.5 Å². The number of hydrogen-bond acceptors (Lipinski definition) is 3. The molecule has 0 heterocycles. The van der Waals surface area contributed by atoms with Crippen molar-refractivity contribution < 1.29 is 4.74 Å². The van der Waals surface area contributed by atoms with Crippen LogP contribution in [0.15, 0.2) is 42.5 Å². The van der Waals surface area contributed by atoms with Gasteiger partial charge in [-0.15, -0.1) is 0 Å². The highest BCUT2D eigenvalue weighted by molar-refractivity contribution is 5.77. The van der Waals surface area contributed by atoms with Crippen molar-refractivity contribution in [3.63, 3.8) is 0 Å². The van der Waals surface area contributed by atoms with E-state index < -0.39 is 0 Å². The molecule has 0 saturated carbocycles. The van der Waals surface area contributed by atoms with Crippen molar-refractivity contribution in [1.82, 2.24) is 0 Å². The molecule has 0 spiro atoms. The van der Waals surface area contributed by atoms with Crippen LogP contribution < -0.4 is 15.4 Å². The molecule has 2 rings (SSSR count). The number of nitrogens with zero attached hydrogens (tertiary/aromatic N) is 1. The van der Waals surface area contributed by atoms with Gasteiger partial charge in [0.25, 0.3) is 0 Å². The summed E-state index contributed by atoms with van der Waals surface area (Å²) in [6.07, 6.45) is 0. The molecule has 0 aliphatic heterocycles. The van der Waals surface area contributed by atoms with Gasteiger partial charge in [0.2, 0.25) is 0 Å². The molecule has 0 aromatic heterocycles. The topological polar surface area (TPSA) is 38.5 Å². The molecule has 0 saturated heterocycles. The smallest absolute Gasteiger partial charge is 0.120 e. The van der Waals surface area contributed by atoms with E-state index in [9.17, 15) is 0 Å². The third kappa shape index (κ3) is 2.25. The summed E-state index contributed by atoms with van der Waals surface area (Å²) in [5.41, 5.74) is 10.1. The van der Waals surface area contributed by atoms with Crippen molar-refractivity contribution in [2.45, 2.75) is 6.92 Å². The van der Waals surface area contributed by atoms with Gasteiger partial charge in [0, 0.05) is 18.8 Å². The van der Waals surface area contributed by atoms with Crippen LogP contribution in [0.5, 0.6) is 5.75 Å². The molecule has 94 valence electrons. The predicted molar refractivity (Wildman–Crippen MR) is 76.6 cm³/mol. The Morgan fingerprint density at radius 2 is 1.83 bits per heavy atom. The van der Waals surface area contributed by atoms with Gasteiger partial charge in [0.05, 0.1) is 18.5 Å². The minimum atomic E-state index is 0.778. The first-order valence-corrected chi connectivity index (χ1v) is 5.86. The Kier molecular flexibility index (Phi) is 3.42. The monoisotopic (exact) mass is 242 g/mol. The van der Waals surface area contributed by atoms with Gasteiger partial charge in [0.15, 0.2) is 0 Å². The average molecular weight is 242 g/mol. The van der Waals surface area contributed by atoms with Crippen molar-refractivity contribution in [3.05, 3.63) is 48.0 Å². The lowest BCUT2D eigenvalue weighted by Gasteiger charge is -2.23. The van der Waals surface area contributed by atoms with Crippen LogP contribution in [0, 0.1) is 6.92 Å². The molecule has 0 bridgehead atoms. The maximum absolute atomic E-state index is 6.06. The fourth-order valence-corrected chi connectivity index (χ4v) is 2.09. The number of methoxy groups -OCH3 is 1. The van der Waals surface area contributed by atoms with Crippen LogP contribution in [0.25, 0.3) is 0 Å². The number of ether oxygens (including phenoxy) is 1. The predicted octanol–water partition coefficient (Wildman–Crippen LogP) is 3.35. The first kappa shape index (κ1) is 12.3. The van der Waals surface area contributed by atoms with Crippen molar-refractivity contribution in [3.8, 4) is 5.75 Å². The number of aryl methyl sites for hydroxylation is 1. The van der Waals surface area contributed by atoms with Gasteiger partial charge in [-0.2, -0.15) is 0 Å². The number of nitrogens with two attached hydrogens (primary N) is 1. The second kappa shape index (κ2) is 5.00. The molecular formula is C15H18N2O. The summed E-state index contributed by atoms with van der Waals surface area (Å²) in [7, 11) is 3.68. The van der Waals surface area contributed by atoms with Crippen molar-refractivity contribution in [2.24, 2.45) is 0 Å². The van der Waals surface area contributed by atoms with Crippen LogP contribution in [-0.2, 0) is 0 Å². The molecular weight excluding hydrogens is 224 g/mol. The molecule has 0 aliphatic carbocycles. The van der Waals surface area contributed by atoms with Crippen LogP contribution >= 0.6 is 0 Å². The molecule has 2 aromatic rings. The van der Waals surface area contributed by atoms with E-state index >= 15 is 0 Å². The zero-order valence-corrected chi connectivity index (χ0v) is 11.0. The minimum Gasteiger partial charge on any atom is -0.497 e. The summed E-state index contributed by atoms with van der Waals surface area (Å²) >= 11 is 0. The second-order valence-corrected chi connectivity index (χ2v) is 4.27. The zero-order valence-electron chi connectivity index (χ0n) is 11.0. The minimum absolute atomic E-state index is 0.778. The fraction of sp³-hybridized carbons (Fsp3) is 0.200. The van der Waals surface area contributed by atoms with Gasteiger partial charge < -0.3 is 15.4 Å². The fourth-order valence-electron chi connectivity index (χ4n) is 2.09. The van der Waals surface area contributed by atoms with Crippen LogP contribution in [-0.4, -0.2) is 14.2 Å². The average Bonchev–Trinajstić information content (AvgIpc) is 2.38. The highest BCUT2D eigenvalue weighted by Gasteiger charge is 2.10. The summed E-state index contributed by atoms with van der Waals surface area (Å²) in [6.45, 7) is 2.06. The summed E-state index contributed by atoms with van der Waals surface area (Å²) in [5, 5.41) is 0. The number of rotatable bonds is 3. The molecule has 0 amide bonds. The Hall–Kier alpha value is -2.16. The summed E-state index contributed by atoms with van der Waals surface area (Å²) in [6, 6.07) is 13.9. The maximum Gasteiger partial charge on any atom is 0.120 e. The van der Waals surface area contributed by atoms with Crippen LogP contribution in [0.4, 0.5) is 17.1 Å². The molecule has 0 unspecified atom stereocenters. The van der Waals surface area contributed by atoms with Gasteiger partial charge in [0.1, 0.15) is 5.75 Å². The quantitative estimate of drug-likeness (QED) is 0.839. The van der Waals surface area contributed by atoms with E-state index in [1.165, 1.54) is 0 Å².